The lowest BCUT2D eigenvalue weighted by molar-refractivity contribution is -0.118. The minimum absolute atomic E-state index is 0.298. The van der Waals surface area contributed by atoms with Crippen molar-refractivity contribution in [3.8, 4) is 0 Å². The van der Waals surface area contributed by atoms with Gasteiger partial charge in [0.1, 0.15) is 0 Å². The number of amides is 1. The molecule has 0 saturated carbocycles. The van der Waals surface area contributed by atoms with E-state index in [1.807, 2.05) is 31.2 Å². The molecule has 2 N–H and O–H groups in total. The Bertz CT molecular complexity index is 356. The predicted octanol–water partition coefficient (Wildman–Crippen LogP) is 1.29. The van der Waals surface area contributed by atoms with Gasteiger partial charge in [-0.15, -0.1) is 0 Å². The Kier molecular flexibility index (Phi) is 3.54. The van der Waals surface area contributed by atoms with E-state index in [0.717, 1.165) is 11.1 Å². The van der Waals surface area contributed by atoms with E-state index in [4.69, 9.17) is 5.73 Å². The number of carbonyl (C=O) groups excluding carboxylic acids is 1. The van der Waals surface area contributed by atoms with E-state index in [9.17, 15) is 4.79 Å². The lowest BCUT2D eigenvalue weighted by Gasteiger charge is -1.99. The maximum Gasteiger partial charge on any atom is 0.262 e. The molecule has 3 heteroatoms. The van der Waals surface area contributed by atoms with E-state index >= 15 is 0 Å². The number of carbonyl (C=O) groups is 1. The van der Waals surface area contributed by atoms with Crippen molar-refractivity contribution in [3.05, 3.63) is 35.4 Å². The Balaban J connectivity index is 2.79. The normalized spacial score (nSPS) is 13.1. The van der Waals surface area contributed by atoms with Crippen LogP contribution in [0.5, 0.6) is 0 Å². The SMILES string of the molecule is Cc1ccccc1C=NC(=O)[C@H](C)N. The molecular formula is C11H14N2O. The summed E-state index contributed by atoms with van der Waals surface area (Å²) in [6.45, 7) is 3.59. The maximum atomic E-state index is 11.1. The van der Waals surface area contributed by atoms with Gasteiger partial charge in [0.05, 0.1) is 6.04 Å². The second kappa shape index (κ2) is 4.67. The van der Waals surface area contributed by atoms with Gasteiger partial charge in [-0.3, -0.25) is 4.79 Å². The van der Waals surface area contributed by atoms with Crippen LogP contribution in [-0.2, 0) is 4.79 Å². The molecular weight excluding hydrogens is 176 g/mol. The highest BCUT2D eigenvalue weighted by atomic mass is 16.1. The second-order valence-electron chi connectivity index (χ2n) is 3.24. The lowest BCUT2D eigenvalue weighted by Crippen LogP contribution is -2.24. The third-order valence-electron chi connectivity index (χ3n) is 1.91. The van der Waals surface area contributed by atoms with E-state index in [1.54, 1.807) is 13.1 Å². The number of aliphatic imine (C=N–C) groups is 1. The number of hydrogen-bond acceptors (Lipinski definition) is 2. The summed E-state index contributed by atoms with van der Waals surface area (Å²) in [5.41, 5.74) is 7.41. The number of nitrogens with two attached hydrogens (primary N) is 1. The smallest absolute Gasteiger partial charge is 0.262 e. The Hall–Kier alpha value is -1.48. The van der Waals surface area contributed by atoms with E-state index in [1.165, 1.54) is 0 Å². The summed E-state index contributed by atoms with van der Waals surface area (Å²) in [7, 11) is 0. The second-order valence-corrected chi connectivity index (χ2v) is 3.24. The summed E-state index contributed by atoms with van der Waals surface area (Å²) in [4.78, 5) is 14.9. The van der Waals surface area contributed by atoms with Crippen LogP contribution in [0, 0.1) is 6.92 Å². The largest absolute Gasteiger partial charge is 0.320 e. The first-order valence-electron chi connectivity index (χ1n) is 4.50. The minimum atomic E-state index is -0.532. The molecule has 0 aliphatic carbocycles. The molecule has 14 heavy (non-hydrogen) atoms. The molecule has 0 spiro atoms. The van der Waals surface area contributed by atoms with Crippen LogP contribution < -0.4 is 5.73 Å². The lowest BCUT2D eigenvalue weighted by atomic mass is 10.1. The van der Waals surface area contributed by atoms with Gasteiger partial charge in [-0.05, 0) is 25.0 Å². The molecule has 0 saturated heterocycles. The van der Waals surface area contributed by atoms with Gasteiger partial charge in [-0.1, -0.05) is 24.3 Å². The molecule has 1 atom stereocenters. The van der Waals surface area contributed by atoms with Crippen molar-refractivity contribution in [1.82, 2.24) is 0 Å². The summed E-state index contributed by atoms with van der Waals surface area (Å²) in [6, 6.07) is 7.20. The number of nitrogens with zero attached hydrogens (tertiary/aromatic N) is 1. The Morgan fingerprint density at radius 1 is 1.50 bits per heavy atom. The molecule has 0 radical (unpaired) electrons. The van der Waals surface area contributed by atoms with Gasteiger partial charge >= 0.3 is 0 Å². The average molecular weight is 190 g/mol. The van der Waals surface area contributed by atoms with Crippen molar-refractivity contribution in [3.63, 3.8) is 0 Å². The molecule has 1 aromatic rings. The summed E-state index contributed by atoms with van der Waals surface area (Å²) in [5, 5.41) is 0. The van der Waals surface area contributed by atoms with Crippen LogP contribution in [0.15, 0.2) is 29.3 Å². The molecule has 74 valence electrons. The highest BCUT2D eigenvalue weighted by molar-refractivity contribution is 5.94. The van der Waals surface area contributed by atoms with Crippen molar-refractivity contribution < 1.29 is 4.79 Å². The van der Waals surface area contributed by atoms with E-state index in [2.05, 4.69) is 4.99 Å². The first-order valence-corrected chi connectivity index (χ1v) is 4.50. The van der Waals surface area contributed by atoms with Crippen LogP contribution in [-0.4, -0.2) is 18.2 Å². The van der Waals surface area contributed by atoms with Gasteiger partial charge in [0.15, 0.2) is 0 Å². The van der Waals surface area contributed by atoms with Crippen LogP contribution in [0.1, 0.15) is 18.1 Å². The Morgan fingerprint density at radius 3 is 2.71 bits per heavy atom. The van der Waals surface area contributed by atoms with Crippen LogP contribution in [0.25, 0.3) is 0 Å². The quantitative estimate of drug-likeness (QED) is 0.714. The monoisotopic (exact) mass is 190 g/mol. The topological polar surface area (TPSA) is 55.5 Å². The standard InChI is InChI=1S/C11H14N2O/c1-8-5-3-4-6-10(8)7-13-11(14)9(2)12/h3-7,9H,12H2,1-2H3/t9-/m0/s1. The molecule has 0 heterocycles. The zero-order valence-electron chi connectivity index (χ0n) is 8.40. The molecule has 0 unspecified atom stereocenters. The van der Waals surface area contributed by atoms with Crippen LogP contribution in [0.2, 0.25) is 0 Å². The average Bonchev–Trinajstić information content (AvgIpc) is 2.16. The molecule has 1 aromatic carbocycles. The number of hydrogen-bond donors (Lipinski definition) is 1. The van der Waals surface area contributed by atoms with Crippen molar-refractivity contribution in [2.24, 2.45) is 10.7 Å². The highest BCUT2D eigenvalue weighted by Gasteiger charge is 2.03. The molecule has 0 aliphatic rings. The zero-order chi connectivity index (χ0) is 10.6. The fraction of sp³-hybridized carbons (Fsp3) is 0.273. The summed E-state index contributed by atoms with van der Waals surface area (Å²) in [6.07, 6.45) is 1.56. The highest BCUT2D eigenvalue weighted by Crippen LogP contribution is 2.03. The van der Waals surface area contributed by atoms with Crippen molar-refractivity contribution in [1.29, 1.82) is 0 Å². The molecule has 3 nitrogen and oxygen atoms in total. The van der Waals surface area contributed by atoms with Gasteiger partial charge in [0.25, 0.3) is 5.91 Å². The maximum absolute atomic E-state index is 11.1. The molecule has 0 bridgehead atoms. The summed E-state index contributed by atoms with van der Waals surface area (Å²) in [5.74, 6) is -0.298. The van der Waals surface area contributed by atoms with Gasteiger partial charge < -0.3 is 5.73 Å². The number of aryl methyl sites for hydroxylation is 1. The van der Waals surface area contributed by atoms with Gasteiger partial charge in [0, 0.05) is 6.21 Å². The molecule has 1 rings (SSSR count). The van der Waals surface area contributed by atoms with Crippen molar-refractivity contribution >= 4 is 12.1 Å². The van der Waals surface area contributed by atoms with Crippen LogP contribution >= 0.6 is 0 Å². The molecule has 1 amide bonds. The number of rotatable bonds is 2. The fourth-order valence-electron chi connectivity index (χ4n) is 0.982. The van der Waals surface area contributed by atoms with E-state index in [0.29, 0.717) is 0 Å². The summed E-state index contributed by atoms with van der Waals surface area (Å²) >= 11 is 0. The molecule has 0 aliphatic heterocycles. The van der Waals surface area contributed by atoms with Crippen LogP contribution in [0.3, 0.4) is 0 Å². The molecule has 0 fully saturated rings. The fourth-order valence-corrected chi connectivity index (χ4v) is 0.982. The van der Waals surface area contributed by atoms with Gasteiger partial charge in [0.2, 0.25) is 0 Å². The molecule has 0 aromatic heterocycles. The van der Waals surface area contributed by atoms with Crippen molar-refractivity contribution in [2.45, 2.75) is 19.9 Å². The zero-order valence-corrected chi connectivity index (χ0v) is 8.40. The van der Waals surface area contributed by atoms with Gasteiger partial charge in [-0.2, -0.15) is 0 Å². The van der Waals surface area contributed by atoms with Gasteiger partial charge in [-0.25, -0.2) is 4.99 Å². The Morgan fingerprint density at radius 2 is 2.14 bits per heavy atom. The third-order valence-corrected chi connectivity index (χ3v) is 1.91. The summed E-state index contributed by atoms with van der Waals surface area (Å²) < 4.78 is 0. The first-order chi connectivity index (χ1) is 6.61. The number of benzene rings is 1. The first kappa shape index (κ1) is 10.6. The third kappa shape index (κ3) is 2.78. The Labute approximate surface area is 83.7 Å². The minimum Gasteiger partial charge on any atom is -0.320 e. The van der Waals surface area contributed by atoms with Crippen molar-refractivity contribution in [2.75, 3.05) is 0 Å². The predicted molar refractivity (Wildman–Crippen MR) is 57.4 cm³/mol. The van der Waals surface area contributed by atoms with E-state index in [-0.39, 0.29) is 5.91 Å². The van der Waals surface area contributed by atoms with Crippen LogP contribution in [0.4, 0.5) is 0 Å². The van der Waals surface area contributed by atoms with E-state index < -0.39 is 6.04 Å².